The summed E-state index contributed by atoms with van der Waals surface area (Å²) in [6, 6.07) is 13.6. The second-order valence-electron chi connectivity index (χ2n) is 6.83. The van der Waals surface area contributed by atoms with Crippen LogP contribution < -0.4 is 0 Å². The van der Waals surface area contributed by atoms with Crippen LogP contribution in [0.15, 0.2) is 36.4 Å². The van der Waals surface area contributed by atoms with Crippen LogP contribution in [0.4, 0.5) is 0 Å². The molecule has 1 fully saturated rings. The van der Waals surface area contributed by atoms with Gasteiger partial charge in [0.1, 0.15) is 0 Å². The fraction of sp³-hybridized carbons (Fsp3) is 0.524. The number of hydrogen-bond acceptors (Lipinski definition) is 5. The molecule has 2 aliphatic rings. The van der Waals surface area contributed by atoms with Crippen molar-refractivity contribution in [3.63, 3.8) is 0 Å². The average molecular weight is 379 g/mol. The zero-order valence-corrected chi connectivity index (χ0v) is 17.0. The quantitative estimate of drug-likeness (QED) is 0.278. The van der Waals surface area contributed by atoms with E-state index in [0.717, 1.165) is 5.92 Å². The van der Waals surface area contributed by atoms with E-state index in [1.165, 1.54) is 50.0 Å². The second kappa shape index (κ2) is 10.3. The summed E-state index contributed by atoms with van der Waals surface area (Å²) in [4.78, 5) is 0. The number of fused-ring (bicyclic) bond motifs is 5. The maximum Gasteiger partial charge on any atom is 0.197 e. The van der Waals surface area contributed by atoms with Gasteiger partial charge < -0.3 is 0 Å². The SMILES string of the molecule is CC.CC12CCCC1c1ccc3ccccc3c1CC2.COSOOO. The first-order valence-corrected chi connectivity index (χ1v) is 10.0. The van der Waals surface area contributed by atoms with Gasteiger partial charge in [0.15, 0.2) is 12.3 Å². The third-order valence-corrected chi connectivity index (χ3v) is 5.86. The zero-order chi connectivity index (χ0) is 19.0. The first-order chi connectivity index (χ1) is 12.7. The molecular weight excluding hydrogens is 348 g/mol. The molecule has 0 spiro atoms. The first-order valence-electron chi connectivity index (χ1n) is 9.38. The molecule has 1 saturated carbocycles. The van der Waals surface area contributed by atoms with E-state index < -0.39 is 0 Å². The van der Waals surface area contributed by atoms with Crippen molar-refractivity contribution in [1.82, 2.24) is 0 Å². The Labute approximate surface area is 161 Å². The lowest BCUT2D eigenvalue weighted by Crippen LogP contribution is -2.26. The number of rotatable bonds is 3. The molecule has 2 aromatic rings. The summed E-state index contributed by atoms with van der Waals surface area (Å²) in [5.74, 6) is 0.825. The summed E-state index contributed by atoms with van der Waals surface area (Å²) in [6.45, 7) is 6.52. The molecule has 1 N–H and O–H groups in total. The van der Waals surface area contributed by atoms with Crippen LogP contribution in [0, 0.1) is 5.41 Å². The van der Waals surface area contributed by atoms with Gasteiger partial charge in [-0.05, 0) is 58.9 Å². The minimum Gasteiger partial charge on any atom is -0.293 e. The molecular formula is C21H30O4S. The molecule has 4 rings (SSSR count). The van der Waals surface area contributed by atoms with E-state index in [2.05, 4.69) is 56.9 Å². The van der Waals surface area contributed by atoms with E-state index in [1.54, 1.807) is 11.1 Å². The topological polar surface area (TPSA) is 47.9 Å². The van der Waals surface area contributed by atoms with E-state index in [1.807, 2.05) is 13.8 Å². The van der Waals surface area contributed by atoms with Crippen molar-refractivity contribution in [2.45, 2.75) is 58.8 Å². The van der Waals surface area contributed by atoms with Crippen LogP contribution in [0.1, 0.15) is 63.5 Å². The largest absolute Gasteiger partial charge is 0.293 e. The molecule has 0 radical (unpaired) electrons. The lowest BCUT2D eigenvalue weighted by atomic mass is 9.66. The highest BCUT2D eigenvalue weighted by Crippen LogP contribution is 2.56. The van der Waals surface area contributed by atoms with E-state index in [-0.39, 0.29) is 0 Å². The highest BCUT2D eigenvalue weighted by atomic mass is 32.2. The molecule has 2 aliphatic carbocycles. The van der Waals surface area contributed by atoms with Gasteiger partial charge in [-0.3, -0.25) is 4.18 Å². The van der Waals surface area contributed by atoms with Crippen molar-refractivity contribution in [2.24, 2.45) is 5.41 Å². The molecule has 0 heterocycles. The van der Waals surface area contributed by atoms with Crippen molar-refractivity contribution in [1.29, 1.82) is 0 Å². The highest BCUT2D eigenvalue weighted by molar-refractivity contribution is 7.89. The van der Waals surface area contributed by atoms with Crippen molar-refractivity contribution in [3.05, 3.63) is 47.5 Å². The van der Waals surface area contributed by atoms with Gasteiger partial charge in [-0.1, -0.05) is 68.6 Å². The maximum atomic E-state index is 7.37. The van der Waals surface area contributed by atoms with Gasteiger partial charge in [0.05, 0.1) is 7.11 Å². The van der Waals surface area contributed by atoms with Crippen LogP contribution in [0.25, 0.3) is 10.8 Å². The lowest BCUT2D eigenvalue weighted by molar-refractivity contribution is -0.434. The Kier molecular flexibility index (Phi) is 8.38. The van der Waals surface area contributed by atoms with Crippen LogP contribution in [-0.4, -0.2) is 12.4 Å². The minimum absolute atomic E-state index is 0.536. The summed E-state index contributed by atoms with van der Waals surface area (Å²) >= 11 is 0.536. The highest BCUT2D eigenvalue weighted by Gasteiger charge is 2.42. The van der Waals surface area contributed by atoms with Gasteiger partial charge in [0, 0.05) is 0 Å². The van der Waals surface area contributed by atoms with Crippen LogP contribution in [0.5, 0.6) is 0 Å². The Hall–Kier alpha value is -1.11. The minimum atomic E-state index is 0.536. The Bertz CT molecular complexity index is 687. The molecule has 0 amide bonds. The van der Waals surface area contributed by atoms with Crippen LogP contribution in [-0.2, 0) is 20.0 Å². The normalized spacial score (nSPS) is 23.2. The van der Waals surface area contributed by atoms with Crippen molar-refractivity contribution >= 4 is 23.1 Å². The van der Waals surface area contributed by atoms with Gasteiger partial charge in [-0.15, -0.1) is 4.33 Å². The molecule has 26 heavy (non-hydrogen) atoms. The fourth-order valence-electron chi connectivity index (χ4n) is 4.47. The number of aryl methyl sites for hydroxylation is 1. The molecule has 144 valence electrons. The van der Waals surface area contributed by atoms with Crippen molar-refractivity contribution < 1.29 is 18.8 Å². The molecule has 2 aromatic carbocycles. The summed E-state index contributed by atoms with van der Waals surface area (Å²) in [7, 11) is 1.38. The summed E-state index contributed by atoms with van der Waals surface area (Å²) in [6.07, 6.45) is 6.93. The van der Waals surface area contributed by atoms with E-state index in [4.69, 9.17) is 5.26 Å². The molecule has 2 unspecified atom stereocenters. The third kappa shape index (κ3) is 4.59. The van der Waals surface area contributed by atoms with Crippen LogP contribution >= 0.6 is 12.3 Å². The molecule has 0 saturated heterocycles. The zero-order valence-electron chi connectivity index (χ0n) is 16.2. The van der Waals surface area contributed by atoms with E-state index >= 15 is 0 Å². The van der Waals surface area contributed by atoms with E-state index in [0.29, 0.717) is 17.7 Å². The third-order valence-electron chi connectivity index (χ3n) is 5.61. The van der Waals surface area contributed by atoms with Gasteiger partial charge in [-0.25, -0.2) is 5.26 Å². The number of benzene rings is 2. The second-order valence-corrected chi connectivity index (χ2v) is 7.44. The van der Waals surface area contributed by atoms with Gasteiger partial charge >= 0.3 is 0 Å². The lowest BCUT2D eigenvalue weighted by Gasteiger charge is -2.38. The number of hydrogen-bond donors (Lipinski definition) is 1. The summed E-state index contributed by atoms with van der Waals surface area (Å²) in [5.41, 5.74) is 3.91. The van der Waals surface area contributed by atoms with Crippen LogP contribution in [0.2, 0.25) is 0 Å². The Balaban J connectivity index is 0.000000262. The average Bonchev–Trinajstić information content (AvgIpc) is 3.10. The summed E-state index contributed by atoms with van der Waals surface area (Å²) in [5, 5.41) is 13.4. The van der Waals surface area contributed by atoms with Crippen molar-refractivity contribution in [3.8, 4) is 0 Å². The molecule has 0 aromatic heterocycles. The van der Waals surface area contributed by atoms with Gasteiger partial charge in [0.2, 0.25) is 0 Å². The fourth-order valence-corrected chi connectivity index (χ4v) is 4.55. The molecule has 0 aliphatic heterocycles. The van der Waals surface area contributed by atoms with E-state index in [9.17, 15) is 0 Å². The Morgan fingerprint density at radius 1 is 1.12 bits per heavy atom. The first kappa shape index (κ1) is 21.2. The Morgan fingerprint density at radius 3 is 2.58 bits per heavy atom. The predicted molar refractivity (Wildman–Crippen MR) is 108 cm³/mol. The molecule has 5 heteroatoms. The molecule has 2 atom stereocenters. The van der Waals surface area contributed by atoms with Gasteiger partial charge in [0.25, 0.3) is 0 Å². The van der Waals surface area contributed by atoms with Gasteiger partial charge in [-0.2, -0.15) is 0 Å². The van der Waals surface area contributed by atoms with Crippen LogP contribution in [0.3, 0.4) is 0 Å². The Morgan fingerprint density at radius 2 is 1.88 bits per heavy atom. The maximum absolute atomic E-state index is 7.37. The summed E-state index contributed by atoms with van der Waals surface area (Å²) < 4.78 is 7.92. The predicted octanol–water partition coefficient (Wildman–Crippen LogP) is 6.70. The monoisotopic (exact) mass is 378 g/mol. The molecule has 0 bridgehead atoms. The molecule has 4 nitrogen and oxygen atoms in total. The smallest absolute Gasteiger partial charge is 0.197 e. The van der Waals surface area contributed by atoms with Crippen molar-refractivity contribution in [2.75, 3.05) is 7.11 Å². The standard InChI is InChI=1S/C18H20.C2H6.CH4O4S/c1-18-11-4-7-17(18)16-9-8-13-5-2-3-6-14(13)15(16)10-12-18;1-2;1-3-6-5-4-2/h2-3,5-6,8-9,17H,4,7,10-12H2,1H3;1-2H3;2H,1H3.